The van der Waals surface area contributed by atoms with Crippen LogP contribution in [0.5, 0.6) is 5.75 Å². The molecule has 0 fully saturated rings. The van der Waals surface area contributed by atoms with Gasteiger partial charge >= 0.3 is 0 Å². The number of ether oxygens (including phenoxy) is 1. The van der Waals surface area contributed by atoms with E-state index in [-0.39, 0.29) is 6.04 Å². The average molecular weight is 303 g/mol. The van der Waals surface area contributed by atoms with E-state index in [9.17, 15) is 0 Å². The third kappa shape index (κ3) is 3.66. The molecule has 1 unspecified atom stereocenters. The SMILES string of the molecule is CCCNC(c1cc(C)c(C)s1)c1ccc(OC)cc1C. The van der Waals surface area contributed by atoms with Crippen LogP contribution < -0.4 is 10.1 Å². The maximum absolute atomic E-state index is 5.32. The largest absolute Gasteiger partial charge is 0.497 e. The molecule has 0 radical (unpaired) electrons. The zero-order valence-corrected chi connectivity index (χ0v) is 14.4. The lowest BCUT2D eigenvalue weighted by Gasteiger charge is -2.20. The van der Waals surface area contributed by atoms with Crippen LogP contribution in [0.25, 0.3) is 0 Å². The van der Waals surface area contributed by atoms with Gasteiger partial charge in [-0.15, -0.1) is 11.3 Å². The second-order valence-electron chi connectivity index (χ2n) is 5.50. The van der Waals surface area contributed by atoms with Gasteiger partial charge in [0.1, 0.15) is 5.75 Å². The van der Waals surface area contributed by atoms with Crippen molar-refractivity contribution < 1.29 is 4.74 Å². The van der Waals surface area contributed by atoms with Crippen molar-refractivity contribution >= 4 is 11.3 Å². The van der Waals surface area contributed by atoms with E-state index in [0.717, 1.165) is 18.7 Å². The topological polar surface area (TPSA) is 21.3 Å². The molecule has 2 rings (SSSR count). The Kier molecular flexibility index (Phi) is 5.43. The van der Waals surface area contributed by atoms with E-state index in [0.29, 0.717) is 0 Å². The van der Waals surface area contributed by atoms with Gasteiger partial charge in [0.05, 0.1) is 13.2 Å². The molecule has 0 saturated heterocycles. The molecule has 0 spiro atoms. The molecule has 0 bridgehead atoms. The molecule has 0 aliphatic heterocycles. The van der Waals surface area contributed by atoms with E-state index in [1.54, 1.807) is 7.11 Å². The summed E-state index contributed by atoms with van der Waals surface area (Å²) in [5.41, 5.74) is 3.99. The van der Waals surface area contributed by atoms with Gasteiger partial charge in [0, 0.05) is 9.75 Å². The first-order chi connectivity index (χ1) is 10.1. The van der Waals surface area contributed by atoms with Gasteiger partial charge in [0.15, 0.2) is 0 Å². The van der Waals surface area contributed by atoms with Gasteiger partial charge in [0.2, 0.25) is 0 Å². The highest BCUT2D eigenvalue weighted by Gasteiger charge is 2.18. The molecule has 0 aliphatic carbocycles. The van der Waals surface area contributed by atoms with Crippen LogP contribution in [-0.2, 0) is 0 Å². The van der Waals surface area contributed by atoms with Crippen LogP contribution in [0.1, 0.15) is 45.8 Å². The Hall–Kier alpha value is -1.32. The monoisotopic (exact) mass is 303 g/mol. The van der Waals surface area contributed by atoms with Crippen molar-refractivity contribution in [2.45, 2.75) is 40.2 Å². The van der Waals surface area contributed by atoms with Gasteiger partial charge in [-0.3, -0.25) is 0 Å². The molecular weight excluding hydrogens is 278 g/mol. The zero-order valence-electron chi connectivity index (χ0n) is 13.6. The number of benzene rings is 1. The molecule has 21 heavy (non-hydrogen) atoms. The van der Waals surface area contributed by atoms with E-state index < -0.39 is 0 Å². The lowest BCUT2D eigenvalue weighted by Crippen LogP contribution is -2.23. The molecule has 114 valence electrons. The van der Waals surface area contributed by atoms with Crippen molar-refractivity contribution in [3.8, 4) is 5.75 Å². The molecule has 0 saturated carbocycles. The first-order valence-corrected chi connectivity index (χ1v) is 8.33. The molecule has 1 aromatic heterocycles. The minimum Gasteiger partial charge on any atom is -0.497 e. The Balaban J connectivity index is 2.40. The number of aryl methyl sites for hydroxylation is 3. The van der Waals surface area contributed by atoms with Crippen molar-refractivity contribution in [1.29, 1.82) is 0 Å². The van der Waals surface area contributed by atoms with Gasteiger partial charge < -0.3 is 10.1 Å². The lowest BCUT2D eigenvalue weighted by atomic mass is 9.99. The van der Waals surface area contributed by atoms with Gasteiger partial charge in [-0.1, -0.05) is 13.0 Å². The summed E-state index contributed by atoms with van der Waals surface area (Å²) in [4.78, 5) is 2.80. The molecule has 2 aromatic rings. The second-order valence-corrected chi connectivity index (χ2v) is 6.79. The number of thiophene rings is 1. The summed E-state index contributed by atoms with van der Waals surface area (Å²) in [7, 11) is 1.72. The average Bonchev–Trinajstić information content (AvgIpc) is 2.80. The molecule has 1 heterocycles. The summed E-state index contributed by atoms with van der Waals surface area (Å²) >= 11 is 1.89. The minimum atomic E-state index is 0.272. The second kappa shape index (κ2) is 7.10. The molecule has 2 nitrogen and oxygen atoms in total. The number of methoxy groups -OCH3 is 1. The quantitative estimate of drug-likeness (QED) is 0.830. The van der Waals surface area contributed by atoms with Gasteiger partial charge in [-0.2, -0.15) is 0 Å². The van der Waals surface area contributed by atoms with E-state index in [1.165, 1.54) is 26.4 Å². The Morgan fingerprint density at radius 2 is 1.90 bits per heavy atom. The third-order valence-corrected chi connectivity index (χ3v) is 5.07. The standard InChI is InChI=1S/C18H25NOS/c1-6-9-19-18(17-11-12(2)14(4)21-17)16-8-7-15(20-5)10-13(16)3/h7-8,10-11,18-19H,6,9H2,1-5H3. The zero-order chi connectivity index (χ0) is 15.4. The highest BCUT2D eigenvalue weighted by Crippen LogP contribution is 2.33. The van der Waals surface area contributed by atoms with Gasteiger partial charge in [-0.05, 0) is 68.6 Å². The summed E-state index contributed by atoms with van der Waals surface area (Å²) in [6.07, 6.45) is 1.13. The smallest absolute Gasteiger partial charge is 0.119 e. The molecule has 0 amide bonds. The third-order valence-electron chi connectivity index (χ3n) is 3.86. The van der Waals surface area contributed by atoms with Crippen molar-refractivity contribution in [3.63, 3.8) is 0 Å². The summed E-state index contributed by atoms with van der Waals surface area (Å²) in [6.45, 7) is 9.77. The van der Waals surface area contributed by atoms with Gasteiger partial charge in [0.25, 0.3) is 0 Å². The van der Waals surface area contributed by atoms with Crippen molar-refractivity contribution in [1.82, 2.24) is 5.32 Å². The first kappa shape index (κ1) is 16.1. The molecule has 1 aromatic carbocycles. The van der Waals surface area contributed by atoms with E-state index >= 15 is 0 Å². The summed E-state index contributed by atoms with van der Waals surface area (Å²) < 4.78 is 5.32. The number of hydrogen-bond donors (Lipinski definition) is 1. The van der Waals surface area contributed by atoms with Crippen molar-refractivity contribution in [2.24, 2.45) is 0 Å². The van der Waals surface area contributed by atoms with Crippen LogP contribution in [0, 0.1) is 20.8 Å². The summed E-state index contributed by atoms with van der Waals surface area (Å²) in [5.74, 6) is 0.920. The van der Waals surface area contributed by atoms with E-state index in [1.807, 2.05) is 11.3 Å². The molecule has 0 aliphatic rings. The molecule has 1 N–H and O–H groups in total. The predicted octanol–water partition coefficient (Wildman–Crippen LogP) is 4.77. The highest BCUT2D eigenvalue weighted by molar-refractivity contribution is 7.12. The van der Waals surface area contributed by atoms with Crippen LogP contribution >= 0.6 is 11.3 Å². The maximum atomic E-state index is 5.32. The Morgan fingerprint density at radius 1 is 1.14 bits per heavy atom. The predicted molar refractivity (Wildman–Crippen MR) is 91.7 cm³/mol. The Labute approximate surface area is 132 Å². The summed E-state index contributed by atoms with van der Waals surface area (Å²) in [5, 5.41) is 3.69. The Bertz CT molecular complexity index is 584. The fraction of sp³-hybridized carbons (Fsp3) is 0.444. The normalized spacial score (nSPS) is 12.4. The number of rotatable bonds is 6. The fourth-order valence-electron chi connectivity index (χ4n) is 2.50. The number of nitrogens with one attached hydrogen (secondary N) is 1. The Morgan fingerprint density at radius 3 is 2.43 bits per heavy atom. The first-order valence-electron chi connectivity index (χ1n) is 7.51. The molecular formula is C18H25NOS. The lowest BCUT2D eigenvalue weighted by molar-refractivity contribution is 0.414. The van der Waals surface area contributed by atoms with E-state index in [4.69, 9.17) is 4.74 Å². The molecule has 1 atom stereocenters. The van der Waals surface area contributed by atoms with Crippen LogP contribution in [0.3, 0.4) is 0 Å². The maximum Gasteiger partial charge on any atom is 0.119 e. The van der Waals surface area contributed by atoms with Crippen molar-refractivity contribution in [3.05, 3.63) is 50.7 Å². The van der Waals surface area contributed by atoms with Crippen LogP contribution in [0.4, 0.5) is 0 Å². The molecule has 3 heteroatoms. The van der Waals surface area contributed by atoms with E-state index in [2.05, 4.69) is 57.3 Å². The highest BCUT2D eigenvalue weighted by atomic mass is 32.1. The summed E-state index contributed by atoms with van der Waals surface area (Å²) in [6, 6.07) is 8.94. The van der Waals surface area contributed by atoms with Crippen molar-refractivity contribution in [2.75, 3.05) is 13.7 Å². The minimum absolute atomic E-state index is 0.272. The van der Waals surface area contributed by atoms with Crippen LogP contribution in [0.2, 0.25) is 0 Å². The van der Waals surface area contributed by atoms with Gasteiger partial charge in [-0.25, -0.2) is 0 Å². The fourth-order valence-corrected chi connectivity index (χ4v) is 3.63. The number of hydrogen-bond acceptors (Lipinski definition) is 3. The van der Waals surface area contributed by atoms with Crippen LogP contribution in [0.15, 0.2) is 24.3 Å². The van der Waals surface area contributed by atoms with Crippen LogP contribution in [-0.4, -0.2) is 13.7 Å².